The zero-order valence-electron chi connectivity index (χ0n) is 13.7. The van der Waals surface area contributed by atoms with Crippen molar-refractivity contribution in [2.75, 3.05) is 13.6 Å². The summed E-state index contributed by atoms with van der Waals surface area (Å²) in [5.74, 6) is -0.129. The van der Waals surface area contributed by atoms with Crippen molar-refractivity contribution in [1.82, 2.24) is 15.6 Å². The molecule has 26 heavy (non-hydrogen) atoms. The molecule has 5 nitrogen and oxygen atoms in total. The first-order valence-electron chi connectivity index (χ1n) is 7.48. The van der Waals surface area contributed by atoms with Crippen LogP contribution in [0.15, 0.2) is 28.6 Å². The fourth-order valence-corrected chi connectivity index (χ4v) is 2.81. The Bertz CT molecular complexity index is 823. The Morgan fingerprint density at radius 3 is 2.69 bits per heavy atom. The third-order valence-electron chi connectivity index (χ3n) is 3.33. The lowest BCUT2D eigenvalue weighted by molar-refractivity contribution is -0.140. The van der Waals surface area contributed by atoms with E-state index in [2.05, 4.69) is 20.6 Å². The quantitative estimate of drug-likeness (QED) is 0.471. The first-order valence-corrected chi connectivity index (χ1v) is 8.36. The van der Waals surface area contributed by atoms with E-state index in [1.165, 1.54) is 19.2 Å². The van der Waals surface area contributed by atoms with E-state index in [9.17, 15) is 17.6 Å². The highest BCUT2D eigenvalue weighted by atomic mass is 32.1. The predicted molar refractivity (Wildman–Crippen MR) is 90.1 cm³/mol. The molecule has 1 heterocycles. The highest BCUT2D eigenvalue weighted by Gasteiger charge is 2.33. The van der Waals surface area contributed by atoms with Gasteiger partial charge in [-0.05, 0) is 12.1 Å². The largest absolute Gasteiger partial charge is 0.434 e. The maximum atomic E-state index is 13.8. The molecule has 1 aromatic carbocycles. The number of rotatable bonds is 5. The molecular formula is C16H15F4N5S. The lowest BCUT2D eigenvalue weighted by atomic mass is 10.1. The van der Waals surface area contributed by atoms with Crippen LogP contribution in [0.2, 0.25) is 0 Å². The summed E-state index contributed by atoms with van der Waals surface area (Å²) in [5, 5.41) is 15.9. The number of nitrogens with zero attached hydrogens (tertiary/aromatic N) is 3. The van der Waals surface area contributed by atoms with Crippen LogP contribution in [0.3, 0.4) is 0 Å². The minimum atomic E-state index is -4.44. The second-order valence-electron chi connectivity index (χ2n) is 5.14. The number of nitrogens with one attached hydrogen (secondary N) is 2. The molecule has 2 rings (SSSR count). The van der Waals surface area contributed by atoms with Gasteiger partial charge in [-0.15, -0.1) is 11.3 Å². The Balaban J connectivity index is 1.83. The molecule has 2 aromatic rings. The van der Waals surface area contributed by atoms with Gasteiger partial charge in [0.2, 0.25) is 0 Å². The molecule has 0 saturated carbocycles. The number of guanidine groups is 1. The minimum absolute atomic E-state index is 0.146. The van der Waals surface area contributed by atoms with Crippen molar-refractivity contribution in [3.8, 4) is 6.07 Å². The summed E-state index contributed by atoms with van der Waals surface area (Å²) >= 11 is 0.944. The summed E-state index contributed by atoms with van der Waals surface area (Å²) in [5.41, 5.74) is -0.298. The molecule has 0 amide bonds. The number of hydrogen-bond acceptors (Lipinski definition) is 4. The molecule has 0 unspecified atom stereocenters. The van der Waals surface area contributed by atoms with Gasteiger partial charge in [0.05, 0.1) is 16.6 Å². The standard InChI is InChI=1S/C16H15F4N5S/c1-22-15(24-8-11-3-2-10(7-21)6-12(11)17)23-5-4-14-25-13(9-26-14)16(18,19)20/h2-3,6,9H,4-5,8H2,1H3,(H2,22,23,24). The lowest BCUT2D eigenvalue weighted by Gasteiger charge is -2.12. The van der Waals surface area contributed by atoms with Crippen molar-refractivity contribution in [1.29, 1.82) is 5.26 Å². The number of aromatic nitrogens is 1. The lowest BCUT2D eigenvalue weighted by Crippen LogP contribution is -2.38. The number of aliphatic imine (C=N–C) groups is 1. The van der Waals surface area contributed by atoms with Gasteiger partial charge in [-0.2, -0.15) is 18.4 Å². The van der Waals surface area contributed by atoms with Gasteiger partial charge in [-0.3, -0.25) is 4.99 Å². The van der Waals surface area contributed by atoms with Crippen molar-refractivity contribution in [3.63, 3.8) is 0 Å². The Morgan fingerprint density at radius 1 is 1.35 bits per heavy atom. The van der Waals surface area contributed by atoms with Crippen molar-refractivity contribution in [2.24, 2.45) is 4.99 Å². The van der Waals surface area contributed by atoms with Crippen molar-refractivity contribution < 1.29 is 17.6 Å². The van der Waals surface area contributed by atoms with Gasteiger partial charge >= 0.3 is 6.18 Å². The Kier molecular flexibility index (Phi) is 6.52. The van der Waals surface area contributed by atoms with E-state index >= 15 is 0 Å². The van der Waals surface area contributed by atoms with E-state index in [4.69, 9.17) is 5.26 Å². The highest BCUT2D eigenvalue weighted by molar-refractivity contribution is 7.09. The molecule has 0 aliphatic rings. The smallest absolute Gasteiger partial charge is 0.356 e. The molecule has 0 radical (unpaired) electrons. The summed E-state index contributed by atoms with van der Waals surface area (Å²) in [6.07, 6.45) is -4.14. The van der Waals surface area contributed by atoms with Crippen LogP contribution in [-0.4, -0.2) is 24.5 Å². The van der Waals surface area contributed by atoms with E-state index in [1.54, 1.807) is 0 Å². The summed E-state index contributed by atoms with van der Waals surface area (Å²) in [6.45, 7) is 0.465. The molecule has 0 aliphatic heterocycles. The van der Waals surface area contributed by atoms with Crippen LogP contribution in [0.1, 0.15) is 21.8 Å². The molecule has 2 N–H and O–H groups in total. The molecule has 138 valence electrons. The number of thiazole rings is 1. The first kappa shape index (κ1) is 19.7. The van der Waals surface area contributed by atoms with Gasteiger partial charge in [-0.25, -0.2) is 9.37 Å². The van der Waals surface area contributed by atoms with E-state index in [0.717, 1.165) is 22.8 Å². The van der Waals surface area contributed by atoms with E-state index in [-0.39, 0.29) is 12.1 Å². The molecule has 10 heteroatoms. The molecular weight excluding hydrogens is 370 g/mol. The molecule has 0 saturated heterocycles. The predicted octanol–water partition coefficient (Wildman–Crippen LogP) is 3.08. The van der Waals surface area contributed by atoms with Crippen LogP contribution in [0.5, 0.6) is 0 Å². The molecule has 1 aromatic heterocycles. The van der Waals surface area contributed by atoms with Crippen LogP contribution < -0.4 is 10.6 Å². The van der Waals surface area contributed by atoms with Crippen molar-refractivity contribution in [2.45, 2.75) is 19.1 Å². The van der Waals surface area contributed by atoms with Gasteiger partial charge in [0.15, 0.2) is 11.7 Å². The summed E-state index contributed by atoms with van der Waals surface area (Å²) in [4.78, 5) is 7.51. The Hall–Kier alpha value is -2.67. The highest BCUT2D eigenvalue weighted by Crippen LogP contribution is 2.29. The number of benzene rings is 1. The number of alkyl halides is 3. The van der Waals surface area contributed by atoms with Crippen LogP contribution >= 0.6 is 11.3 Å². The molecule has 0 atom stereocenters. The molecule has 0 fully saturated rings. The zero-order chi connectivity index (χ0) is 19.2. The molecule has 0 aliphatic carbocycles. The van der Waals surface area contributed by atoms with Crippen LogP contribution in [-0.2, 0) is 19.1 Å². The molecule has 0 bridgehead atoms. The van der Waals surface area contributed by atoms with E-state index in [0.29, 0.717) is 29.5 Å². The Morgan fingerprint density at radius 2 is 2.12 bits per heavy atom. The van der Waals surface area contributed by atoms with Crippen LogP contribution in [0, 0.1) is 17.1 Å². The van der Waals surface area contributed by atoms with E-state index in [1.807, 2.05) is 6.07 Å². The topological polar surface area (TPSA) is 73.1 Å². The second kappa shape index (κ2) is 8.62. The van der Waals surface area contributed by atoms with Gasteiger partial charge in [-0.1, -0.05) is 6.07 Å². The van der Waals surface area contributed by atoms with Crippen LogP contribution in [0.25, 0.3) is 0 Å². The van der Waals surface area contributed by atoms with Crippen molar-refractivity contribution in [3.05, 3.63) is 51.2 Å². The maximum absolute atomic E-state index is 13.8. The van der Waals surface area contributed by atoms with Crippen LogP contribution in [0.4, 0.5) is 17.6 Å². The third-order valence-corrected chi connectivity index (χ3v) is 4.23. The summed E-state index contributed by atoms with van der Waals surface area (Å²) < 4.78 is 51.3. The fraction of sp³-hybridized carbons (Fsp3) is 0.312. The van der Waals surface area contributed by atoms with Gasteiger partial charge < -0.3 is 10.6 Å². The monoisotopic (exact) mass is 385 g/mol. The Labute approximate surface area is 151 Å². The summed E-state index contributed by atoms with van der Waals surface area (Å²) in [6, 6.07) is 6.01. The van der Waals surface area contributed by atoms with Gasteiger partial charge in [0.1, 0.15) is 5.82 Å². The third kappa shape index (κ3) is 5.42. The van der Waals surface area contributed by atoms with E-state index < -0.39 is 17.7 Å². The average molecular weight is 385 g/mol. The molecule has 0 spiro atoms. The van der Waals surface area contributed by atoms with Gasteiger partial charge in [0.25, 0.3) is 0 Å². The maximum Gasteiger partial charge on any atom is 0.434 e. The normalized spacial score (nSPS) is 11.9. The fourth-order valence-electron chi connectivity index (χ4n) is 2.00. The number of nitriles is 1. The minimum Gasteiger partial charge on any atom is -0.356 e. The number of halogens is 4. The number of hydrogen-bond donors (Lipinski definition) is 2. The second-order valence-corrected chi connectivity index (χ2v) is 6.09. The van der Waals surface area contributed by atoms with Gasteiger partial charge in [0, 0.05) is 37.5 Å². The zero-order valence-corrected chi connectivity index (χ0v) is 14.5. The average Bonchev–Trinajstić information content (AvgIpc) is 3.08. The first-order chi connectivity index (χ1) is 12.3. The summed E-state index contributed by atoms with van der Waals surface area (Å²) in [7, 11) is 1.52. The SMILES string of the molecule is CN=C(NCCc1nc(C(F)(F)F)cs1)NCc1ccc(C#N)cc1F. The van der Waals surface area contributed by atoms with Crippen molar-refractivity contribution >= 4 is 17.3 Å².